The average molecular weight is 394 g/mol. The minimum Gasteiger partial charge on any atom is -0.450 e. The van der Waals surface area contributed by atoms with Crippen molar-refractivity contribution in [2.75, 3.05) is 27.2 Å². The van der Waals surface area contributed by atoms with Crippen molar-refractivity contribution in [3.05, 3.63) is 81.0 Å². The number of aryl methyl sites for hydroxylation is 1. The van der Waals surface area contributed by atoms with Crippen LogP contribution in [0.1, 0.15) is 40.2 Å². The van der Waals surface area contributed by atoms with E-state index in [2.05, 4.69) is 0 Å². The molecule has 0 fully saturated rings. The van der Waals surface area contributed by atoms with Gasteiger partial charge < -0.3 is 14.2 Å². The summed E-state index contributed by atoms with van der Waals surface area (Å²) in [7, 11) is 3.84. The van der Waals surface area contributed by atoms with E-state index in [1.807, 2.05) is 38.1 Å². The van der Waals surface area contributed by atoms with Gasteiger partial charge >= 0.3 is 0 Å². The van der Waals surface area contributed by atoms with Gasteiger partial charge in [-0.25, -0.2) is 4.39 Å². The van der Waals surface area contributed by atoms with E-state index >= 15 is 0 Å². The standard InChI is InChI=1S/C23H23FN2O3/c1-4-14-5-10-18-17(13-14)21(27)19-20(15-6-8-16(24)9-7-15)26(12-11-25(2)3)23(28)22(19)29-18/h5-10,13,20H,4,11-12H2,1-3H3. The highest BCUT2D eigenvalue weighted by Crippen LogP contribution is 2.38. The van der Waals surface area contributed by atoms with Crippen molar-refractivity contribution >= 4 is 16.9 Å². The van der Waals surface area contributed by atoms with Gasteiger partial charge in [-0.1, -0.05) is 25.1 Å². The fourth-order valence-corrected chi connectivity index (χ4v) is 3.82. The Hall–Kier alpha value is -2.99. The number of halogens is 1. The Kier molecular flexibility index (Phi) is 4.96. The van der Waals surface area contributed by atoms with Crippen LogP contribution >= 0.6 is 0 Å². The summed E-state index contributed by atoms with van der Waals surface area (Å²) in [6.45, 7) is 3.07. The first-order chi connectivity index (χ1) is 13.9. The fraction of sp³-hybridized carbons (Fsp3) is 0.304. The second kappa shape index (κ2) is 7.44. The largest absolute Gasteiger partial charge is 0.450 e. The minimum atomic E-state index is -0.594. The molecule has 4 rings (SSSR count). The van der Waals surface area contributed by atoms with Crippen molar-refractivity contribution in [3.8, 4) is 0 Å². The van der Waals surface area contributed by atoms with Crippen molar-refractivity contribution in [1.82, 2.24) is 9.80 Å². The Morgan fingerprint density at radius 2 is 1.83 bits per heavy atom. The number of hydrogen-bond acceptors (Lipinski definition) is 4. The molecule has 1 aliphatic rings. The van der Waals surface area contributed by atoms with Crippen LogP contribution in [0.3, 0.4) is 0 Å². The van der Waals surface area contributed by atoms with Crippen LogP contribution in [0.15, 0.2) is 51.7 Å². The van der Waals surface area contributed by atoms with Crippen LogP contribution in [0, 0.1) is 5.82 Å². The molecule has 1 unspecified atom stereocenters. The lowest BCUT2D eigenvalue weighted by Crippen LogP contribution is -2.35. The molecular formula is C23H23FN2O3. The van der Waals surface area contributed by atoms with Crippen molar-refractivity contribution in [2.45, 2.75) is 19.4 Å². The minimum absolute atomic E-state index is 0.0832. The number of rotatable bonds is 5. The number of carbonyl (C=O) groups excluding carboxylic acids is 1. The maximum absolute atomic E-state index is 13.5. The second-order valence-corrected chi connectivity index (χ2v) is 7.61. The molecule has 3 aromatic rings. The van der Waals surface area contributed by atoms with Gasteiger partial charge in [0.05, 0.1) is 17.0 Å². The van der Waals surface area contributed by atoms with E-state index in [0.717, 1.165) is 12.0 Å². The van der Waals surface area contributed by atoms with Crippen molar-refractivity contribution in [2.24, 2.45) is 0 Å². The summed E-state index contributed by atoms with van der Waals surface area (Å²) in [5.41, 5.74) is 2.26. The van der Waals surface area contributed by atoms with Crippen molar-refractivity contribution in [3.63, 3.8) is 0 Å². The smallest absolute Gasteiger partial charge is 0.290 e. The fourth-order valence-electron chi connectivity index (χ4n) is 3.82. The lowest BCUT2D eigenvalue weighted by Gasteiger charge is -2.26. The van der Waals surface area contributed by atoms with Gasteiger partial charge in [-0.05, 0) is 55.9 Å². The zero-order chi connectivity index (χ0) is 20.7. The summed E-state index contributed by atoms with van der Waals surface area (Å²) in [4.78, 5) is 30.2. The highest BCUT2D eigenvalue weighted by molar-refractivity contribution is 5.99. The third kappa shape index (κ3) is 3.34. The summed E-state index contributed by atoms with van der Waals surface area (Å²) in [6.07, 6.45) is 0.793. The number of carbonyl (C=O) groups is 1. The molecule has 150 valence electrons. The summed E-state index contributed by atoms with van der Waals surface area (Å²) in [6, 6.07) is 10.8. The van der Waals surface area contributed by atoms with Crippen molar-refractivity contribution in [1.29, 1.82) is 0 Å². The highest BCUT2D eigenvalue weighted by Gasteiger charge is 2.42. The van der Waals surface area contributed by atoms with Gasteiger partial charge in [0.1, 0.15) is 11.4 Å². The Labute approximate surface area is 168 Å². The first kappa shape index (κ1) is 19.3. The van der Waals surface area contributed by atoms with Gasteiger partial charge in [0, 0.05) is 13.1 Å². The lowest BCUT2D eigenvalue weighted by atomic mass is 9.98. The SMILES string of the molecule is CCc1ccc2oc3c(c(=O)c2c1)C(c1ccc(F)cc1)N(CCN(C)C)C3=O. The van der Waals surface area contributed by atoms with Crippen LogP contribution < -0.4 is 5.43 Å². The van der Waals surface area contributed by atoms with Gasteiger partial charge in [0.25, 0.3) is 5.91 Å². The third-order valence-electron chi connectivity index (χ3n) is 5.41. The Morgan fingerprint density at radius 1 is 1.10 bits per heavy atom. The van der Waals surface area contributed by atoms with Crippen LogP contribution in [0.5, 0.6) is 0 Å². The van der Waals surface area contributed by atoms with Crippen LogP contribution in [0.2, 0.25) is 0 Å². The zero-order valence-electron chi connectivity index (χ0n) is 16.7. The van der Waals surface area contributed by atoms with Gasteiger partial charge in [-0.3, -0.25) is 9.59 Å². The molecule has 29 heavy (non-hydrogen) atoms. The molecule has 0 N–H and O–H groups in total. The predicted molar refractivity (Wildman–Crippen MR) is 110 cm³/mol. The molecule has 2 heterocycles. The lowest BCUT2D eigenvalue weighted by molar-refractivity contribution is 0.0716. The monoisotopic (exact) mass is 394 g/mol. The van der Waals surface area contributed by atoms with Gasteiger partial charge in [-0.15, -0.1) is 0 Å². The normalized spacial score (nSPS) is 16.1. The van der Waals surface area contributed by atoms with Crippen LogP contribution in [0.25, 0.3) is 11.0 Å². The number of amides is 1. The molecule has 5 nitrogen and oxygen atoms in total. The van der Waals surface area contributed by atoms with Crippen LogP contribution in [-0.4, -0.2) is 42.9 Å². The average Bonchev–Trinajstić information content (AvgIpc) is 2.99. The molecule has 2 aromatic carbocycles. The maximum Gasteiger partial charge on any atom is 0.290 e. The second-order valence-electron chi connectivity index (χ2n) is 7.61. The Bertz CT molecular complexity index is 1140. The predicted octanol–water partition coefficient (Wildman–Crippen LogP) is 3.60. The summed E-state index contributed by atoms with van der Waals surface area (Å²) in [5, 5.41) is 0.470. The van der Waals surface area contributed by atoms with Gasteiger partial charge in [0.2, 0.25) is 5.76 Å². The molecule has 0 bridgehead atoms. The molecular weight excluding hydrogens is 371 g/mol. The first-order valence-electron chi connectivity index (χ1n) is 9.71. The van der Waals surface area contributed by atoms with E-state index in [1.165, 1.54) is 12.1 Å². The molecule has 1 amide bonds. The molecule has 1 aliphatic heterocycles. The zero-order valence-corrected chi connectivity index (χ0v) is 16.7. The number of benzene rings is 2. The molecule has 6 heteroatoms. The highest BCUT2D eigenvalue weighted by atomic mass is 19.1. The summed E-state index contributed by atoms with van der Waals surface area (Å²) in [5.74, 6) is -0.592. The number of likely N-dealkylation sites (N-methyl/N-ethyl adjacent to an activating group) is 1. The summed E-state index contributed by atoms with van der Waals surface area (Å²) >= 11 is 0. The molecule has 0 aliphatic carbocycles. The Balaban J connectivity index is 1.93. The van der Waals surface area contributed by atoms with Crippen LogP contribution in [0.4, 0.5) is 4.39 Å². The topological polar surface area (TPSA) is 53.8 Å². The van der Waals surface area contributed by atoms with E-state index in [9.17, 15) is 14.0 Å². The Morgan fingerprint density at radius 3 is 2.48 bits per heavy atom. The molecule has 1 atom stereocenters. The number of fused-ring (bicyclic) bond motifs is 2. The summed E-state index contributed by atoms with van der Waals surface area (Å²) < 4.78 is 19.4. The van der Waals surface area contributed by atoms with E-state index < -0.39 is 6.04 Å². The molecule has 0 radical (unpaired) electrons. The molecule has 1 aromatic heterocycles. The maximum atomic E-state index is 13.5. The van der Waals surface area contributed by atoms with E-state index in [-0.39, 0.29) is 22.9 Å². The molecule has 0 saturated carbocycles. The number of nitrogens with zero attached hydrogens (tertiary/aromatic N) is 2. The first-order valence-corrected chi connectivity index (χ1v) is 9.71. The number of hydrogen-bond donors (Lipinski definition) is 0. The molecule has 0 spiro atoms. The molecule has 0 saturated heterocycles. The van der Waals surface area contributed by atoms with E-state index in [1.54, 1.807) is 23.1 Å². The van der Waals surface area contributed by atoms with E-state index in [4.69, 9.17) is 4.42 Å². The van der Waals surface area contributed by atoms with Gasteiger partial charge in [-0.2, -0.15) is 0 Å². The third-order valence-corrected chi connectivity index (χ3v) is 5.41. The van der Waals surface area contributed by atoms with Gasteiger partial charge in [0.15, 0.2) is 5.43 Å². The van der Waals surface area contributed by atoms with E-state index in [0.29, 0.717) is 35.2 Å². The van der Waals surface area contributed by atoms with Crippen LogP contribution in [-0.2, 0) is 6.42 Å². The quantitative estimate of drug-likeness (QED) is 0.664. The van der Waals surface area contributed by atoms with Crippen molar-refractivity contribution < 1.29 is 13.6 Å².